The van der Waals surface area contributed by atoms with E-state index in [2.05, 4.69) is 12.2 Å². The zero-order valence-corrected chi connectivity index (χ0v) is 13.3. The fraction of sp³-hybridized carbons (Fsp3) is 0.667. The summed E-state index contributed by atoms with van der Waals surface area (Å²) in [4.78, 5) is 0. The van der Waals surface area contributed by atoms with Crippen LogP contribution in [0.3, 0.4) is 0 Å². The van der Waals surface area contributed by atoms with Crippen molar-refractivity contribution in [2.45, 2.75) is 57.6 Å². The monoisotopic (exact) mass is 293 g/mol. The van der Waals surface area contributed by atoms with Crippen LogP contribution in [0.25, 0.3) is 0 Å². The van der Waals surface area contributed by atoms with Gasteiger partial charge in [-0.3, -0.25) is 0 Å². The number of rotatable bonds is 7. The molecule has 21 heavy (non-hydrogen) atoms. The van der Waals surface area contributed by atoms with Gasteiger partial charge >= 0.3 is 0 Å². The summed E-state index contributed by atoms with van der Waals surface area (Å²) in [6, 6.07) is 7.03. The number of hydrogen-bond acceptors (Lipinski definition) is 2. The molecule has 0 radical (unpaired) electrons. The highest BCUT2D eigenvalue weighted by atomic mass is 19.1. The molecule has 0 amide bonds. The van der Waals surface area contributed by atoms with Gasteiger partial charge in [-0.1, -0.05) is 44.4 Å². The Balaban J connectivity index is 2.22. The van der Waals surface area contributed by atoms with Crippen LogP contribution < -0.4 is 5.32 Å². The first kappa shape index (κ1) is 16.4. The number of nitrogens with one attached hydrogen (secondary N) is 1. The molecule has 1 fully saturated rings. The molecule has 2 nitrogen and oxygen atoms in total. The van der Waals surface area contributed by atoms with Crippen LogP contribution in [-0.4, -0.2) is 19.8 Å². The largest absolute Gasteiger partial charge is 0.379 e. The normalized spacial score (nSPS) is 19.4. The van der Waals surface area contributed by atoms with E-state index in [4.69, 9.17) is 4.74 Å². The van der Waals surface area contributed by atoms with Gasteiger partial charge in [0.25, 0.3) is 0 Å². The molecule has 1 N–H and O–H groups in total. The molecule has 1 aliphatic rings. The van der Waals surface area contributed by atoms with Gasteiger partial charge in [0.1, 0.15) is 5.82 Å². The molecule has 0 spiro atoms. The SMILES string of the molecule is CCCNC(c1ccccc1F)C(OC)C1CCCCC1. The number of methoxy groups -OCH3 is 1. The minimum absolute atomic E-state index is 0.0498. The first-order chi connectivity index (χ1) is 10.3. The summed E-state index contributed by atoms with van der Waals surface area (Å²) in [5, 5.41) is 3.51. The molecule has 1 aromatic carbocycles. The third-order valence-corrected chi connectivity index (χ3v) is 4.57. The summed E-state index contributed by atoms with van der Waals surface area (Å²) in [7, 11) is 1.76. The van der Waals surface area contributed by atoms with Crippen LogP contribution in [0.4, 0.5) is 4.39 Å². The van der Waals surface area contributed by atoms with Crippen LogP contribution in [0.2, 0.25) is 0 Å². The second-order valence-corrected chi connectivity index (χ2v) is 6.05. The topological polar surface area (TPSA) is 21.3 Å². The van der Waals surface area contributed by atoms with Crippen molar-refractivity contribution < 1.29 is 9.13 Å². The minimum Gasteiger partial charge on any atom is -0.379 e. The molecule has 2 unspecified atom stereocenters. The summed E-state index contributed by atoms with van der Waals surface area (Å²) in [6.45, 7) is 3.01. The maximum atomic E-state index is 14.2. The lowest BCUT2D eigenvalue weighted by Crippen LogP contribution is -2.40. The molecule has 3 heteroatoms. The van der Waals surface area contributed by atoms with Gasteiger partial charge < -0.3 is 10.1 Å². The lowest BCUT2D eigenvalue weighted by molar-refractivity contribution is 0.00672. The Bertz CT molecular complexity index is 417. The Morgan fingerprint density at radius 3 is 2.57 bits per heavy atom. The van der Waals surface area contributed by atoms with Crippen LogP contribution in [0.1, 0.15) is 57.1 Å². The van der Waals surface area contributed by atoms with E-state index in [9.17, 15) is 4.39 Å². The summed E-state index contributed by atoms with van der Waals surface area (Å²) >= 11 is 0. The van der Waals surface area contributed by atoms with Crippen molar-refractivity contribution in [2.24, 2.45) is 5.92 Å². The van der Waals surface area contributed by atoms with E-state index in [0.717, 1.165) is 18.5 Å². The first-order valence-electron chi connectivity index (χ1n) is 8.28. The maximum absolute atomic E-state index is 14.2. The summed E-state index contributed by atoms with van der Waals surface area (Å²) in [5.41, 5.74) is 0.739. The highest BCUT2D eigenvalue weighted by Crippen LogP contribution is 2.34. The van der Waals surface area contributed by atoms with Gasteiger partial charge in [0.05, 0.1) is 12.1 Å². The molecule has 1 saturated carbocycles. The van der Waals surface area contributed by atoms with Gasteiger partial charge in [0, 0.05) is 12.7 Å². The summed E-state index contributed by atoms with van der Waals surface area (Å²) in [5.74, 6) is 0.390. The molecule has 0 bridgehead atoms. The predicted molar refractivity (Wildman–Crippen MR) is 84.8 cm³/mol. The van der Waals surface area contributed by atoms with Crippen molar-refractivity contribution in [2.75, 3.05) is 13.7 Å². The Labute approximate surface area is 128 Å². The van der Waals surface area contributed by atoms with Crippen molar-refractivity contribution in [3.8, 4) is 0 Å². The molecule has 118 valence electrons. The Morgan fingerprint density at radius 1 is 1.24 bits per heavy atom. The molecule has 0 heterocycles. The van der Waals surface area contributed by atoms with Gasteiger partial charge in [0.15, 0.2) is 0 Å². The number of halogens is 1. The Hall–Kier alpha value is -0.930. The van der Waals surface area contributed by atoms with Gasteiger partial charge in [-0.15, -0.1) is 0 Å². The zero-order chi connectivity index (χ0) is 15.1. The molecule has 1 aliphatic carbocycles. The molecule has 0 aromatic heterocycles. The quantitative estimate of drug-likeness (QED) is 0.801. The average molecular weight is 293 g/mol. The summed E-state index contributed by atoms with van der Waals surface area (Å²) < 4.78 is 20.1. The van der Waals surface area contributed by atoms with Gasteiger partial charge in [-0.05, 0) is 37.8 Å². The Morgan fingerprint density at radius 2 is 1.95 bits per heavy atom. The van der Waals surface area contributed by atoms with Crippen molar-refractivity contribution in [1.29, 1.82) is 0 Å². The summed E-state index contributed by atoms with van der Waals surface area (Å²) in [6.07, 6.45) is 7.32. The molecule has 0 aliphatic heterocycles. The second-order valence-electron chi connectivity index (χ2n) is 6.05. The standard InChI is InChI=1S/C18H28FNO/c1-3-13-20-17(15-11-7-8-12-16(15)19)18(21-2)14-9-5-4-6-10-14/h7-8,11-12,14,17-18,20H,3-6,9-10,13H2,1-2H3. The van der Waals surface area contributed by atoms with Crippen molar-refractivity contribution in [3.05, 3.63) is 35.6 Å². The average Bonchev–Trinajstić information content (AvgIpc) is 2.53. The molecule has 1 aromatic rings. The molecule has 2 rings (SSSR count). The van der Waals surface area contributed by atoms with Crippen LogP contribution in [-0.2, 0) is 4.74 Å². The van der Waals surface area contributed by atoms with E-state index >= 15 is 0 Å². The van der Waals surface area contributed by atoms with Crippen LogP contribution in [0.5, 0.6) is 0 Å². The minimum atomic E-state index is -0.135. The van der Waals surface area contributed by atoms with Gasteiger partial charge in [0.2, 0.25) is 0 Å². The van der Waals surface area contributed by atoms with E-state index in [1.54, 1.807) is 19.2 Å². The van der Waals surface area contributed by atoms with Crippen LogP contribution in [0.15, 0.2) is 24.3 Å². The fourth-order valence-corrected chi connectivity index (χ4v) is 3.49. The van der Waals surface area contributed by atoms with Crippen LogP contribution in [0, 0.1) is 11.7 Å². The molecular weight excluding hydrogens is 265 g/mol. The molecule has 0 saturated heterocycles. The van der Waals surface area contributed by atoms with Gasteiger partial charge in [-0.25, -0.2) is 4.39 Å². The third kappa shape index (κ3) is 4.27. The van der Waals surface area contributed by atoms with E-state index in [-0.39, 0.29) is 18.0 Å². The highest BCUT2D eigenvalue weighted by Gasteiger charge is 2.32. The van der Waals surface area contributed by atoms with Crippen molar-refractivity contribution in [3.63, 3.8) is 0 Å². The number of benzene rings is 1. The zero-order valence-electron chi connectivity index (χ0n) is 13.3. The predicted octanol–water partition coefficient (Wildman–Crippen LogP) is 4.46. The fourth-order valence-electron chi connectivity index (χ4n) is 3.49. The van der Waals surface area contributed by atoms with E-state index in [1.165, 1.54) is 32.1 Å². The smallest absolute Gasteiger partial charge is 0.128 e. The molecular formula is C18H28FNO. The number of ether oxygens (including phenoxy) is 1. The number of hydrogen-bond donors (Lipinski definition) is 1. The lowest BCUT2D eigenvalue weighted by atomic mass is 9.80. The highest BCUT2D eigenvalue weighted by molar-refractivity contribution is 5.22. The second kappa shape index (κ2) is 8.50. The van der Waals surface area contributed by atoms with Gasteiger partial charge in [-0.2, -0.15) is 0 Å². The third-order valence-electron chi connectivity index (χ3n) is 4.57. The molecule has 2 atom stereocenters. The Kier molecular flexibility index (Phi) is 6.65. The lowest BCUT2D eigenvalue weighted by Gasteiger charge is -2.35. The van der Waals surface area contributed by atoms with Crippen molar-refractivity contribution in [1.82, 2.24) is 5.32 Å². The first-order valence-corrected chi connectivity index (χ1v) is 8.28. The maximum Gasteiger partial charge on any atom is 0.128 e. The van der Waals surface area contributed by atoms with Crippen LogP contribution >= 0.6 is 0 Å². The van der Waals surface area contributed by atoms with E-state index < -0.39 is 0 Å². The van der Waals surface area contributed by atoms with Crippen molar-refractivity contribution >= 4 is 0 Å². The van der Waals surface area contributed by atoms with E-state index in [1.807, 2.05) is 12.1 Å². The van der Waals surface area contributed by atoms with E-state index in [0.29, 0.717) is 5.92 Å².